The fourth-order valence-corrected chi connectivity index (χ4v) is 2.91. The third-order valence-electron chi connectivity index (χ3n) is 4.14. The summed E-state index contributed by atoms with van der Waals surface area (Å²) in [5, 5.41) is 0. The molecule has 8 nitrogen and oxygen atoms in total. The van der Waals surface area contributed by atoms with Crippen LogP contribution < -0.4 is 15.5 Å². The molecule has 1 saturated heterocycles. The van der Waals surface area contributed by atoms with Gasteiger partial charge in [-0.15, -0.1) is 0 Å². The van der Waals surface area contributed by atoms with Crippen LogP contribution in [0.1, 0.15) is 0 Å². The molecule has 0 atom stereocenters. The van der Waals surface area contributed by atoms with Crippen molar-refractivity contribution in [3.05, 3.63) is 49.4 Å². The van der Waals surface area contributed by atoms with Crippen LogP contribution in [0.3, 0.4) is 0 Å². The quantitative estimate of drug-likeness (QED) is 0.768. The number of nitrogen functional groups attached to an aromatic ring is 1. The first-order valence-electron chi connectivity index (χ1n) is 7.82. The van der Waals surface area contributed by atoms with Crippen LogP contribution in [0.25, 0.3) is 5.82 Å². The van der Waals surface area contributed by atoms with Gasteiger partial charge in [0.1, 0.15) is 24.2 Å². The molecule has 4 rings (SSSR count). The van der Waals surface area contributed by atoms with Gasteiger partial charge in [-0.1, -0.05) is 6.07 Å². The van der Waals surface area contributed by atoms with Gasteiger partial charge in [0.2, 0.25) is 0 Å². The van der Waals surface area contributed by atoms with E-state index in [1.807, 2.05) is 30.6 Å². The molecule has 0 unspecified atom stereocenters. The van der Waals surface area contributed by atoms with Crippen LogP contribution in [0.5, 0.6) is 0 Å². The summed E-state index contributed by atoms with van der Waals surface area (Å²) in [5.41, 5.74) is 6.88. The van der Waals surface area contributed by atoms with E-state index in [0.29, 0.717) is 11.5 Å². The van der Waals surface area contributed by atoms with Gasteiger partial charge < -0.3 is 15.5 Å². The van der Waals surface area contributed by atoms with Gasteiger partial charge >= 0.3 is 0 Å². The van der Waals surface area contributed by atoms with Gasteiger partial charge in [-0.25, -0.2) is 19.9 Å². The molecule has 1 fully saturated rings. The highest BCUT2D eigenvalue weighted by Gasteiger charge is 2.22. The third-order valence-corrected chi connectivity index (χ3v) is 4.14. The molecule has 0 bridgehead atoms. The summed E-state index contributed by atoms with van der Waals surface area (Å²) in [6.45, 7) is 3.42. The van der Waals surface area contributed by atoms with Gasteiger partial charge in [-0.05, 0) is 12.1 Å². The van der Waals surface area contributed by atoms with Crippen LogP contribution in [0.15, 0.2) is 49.4 Å². The molecular weight excluding hydrogens is 304 g/mol. The Bertz CT molecular complexity index is 794. The molecule has 0 spiro atoms. The zero-order chi connectivity index (χ0) is 16.4. The molecule has 0 saturated carbocycles. The highest BCUT2D eigenvalue weighted by Crippen LogP contribution is 2.26. The average Bonchev–Trinajstić information content (AvgIpc) is 3.17. The average molecular weight is 322 g/mol. The second-order valence-corrected chi connectivity index (χ2v) is 5.57. The summed E-state index contributed by atoms with van der Waals surface area (Å²) in [4.78, 5) is 21.6. The third kappa shape index (κ3) is 2.62. The zero-order valence-corrected chi connectivity index (χ0v) is 13.2. The van der Waals surface area contributed by atoms with Crippen molar-refractivity contribution in [1.29, 1.82) is 0 Å². The maximum Gasteiger partial charge on any atom is 0.166 e. The summed E-state index contributed by atoms with van der Waals surface area (Å²) in [6, 6.07) is 5.97. The van der Waals surface area contributed by atoms with Crippen LogP contribution in [-0.2, 0) is 0 Å². The lowest BCUT2D eigenvalue weighted by Gasteiger charge is -2.36. The maximum atomic E-state index is 6.31. The van der Waals surface area contributed by atoms with Gasteiger partial charge in [-0.2, -0.15) is 0 Å². The van der Waals surface area contributed by atoms with Gasteiger partial charge in [0.05, 0.1) is 0 Å². The van der Waals surface area contributed by atoms with Crippen molar-refractivity contribution in [1.82, 2.24) is 24.5 Å². The second-order valence-electron chi connectivity index (χ2n) is 5.57. The molecule has 3 aromatic heterocycles. The summed E-state index contributed by atoms with van der Waals surface area (Å²) in [7, 11) is 0. The standard InChI is InChI=1S/C16H18N8/c17-14-15(20-11-21-16(14)24-6-5-18-12-24)23-9-7-22(8-10-23)13-3-1-2-4-19-13/h1-6,11-12H,7-10,17H2. The Balaban J connectivity index is 1.53. The van der Waals surface area contributed by atoms with Gasteiger partial charge in [-0.3, -0.25) is 4.57 Å². The number of pyridine rings is 1. The Morgan fingerprint density at radius 1 is 0.875 bits per heavy atom. The van der Waals surface area contributed by atoms with Crippen LogP contribution in [-0.4, -0.2) is 50.7 Å². The van der Waals surface area contributed by atoms with E-state index >= 15 is 0 Å². The topological polar surface area (TPSA) is 89.0 Å². The molecule has 1 aliphatic rings. The number of piperazine rings is 1. The van der Waals surface area contributed by atoms with Gasteiger partial charge in [0.25, 0.3) is 0 Å². The SMILES string of the molecule is Nc1c(N2CCN(c3ccccn3)CC2)ncnc1-n1ccnc1. The summed E-state index contributed by atoms with van der Waals surface area (Å²) in [6.07, 6.45) is 8.57. The molecule has 0 aliphatic carbocycles. The van der Waals surface area contributed by atoms with Crippen molar-refractivity contribution in [3.8, 4) is 5.82 Å². The van der Waals surface area contributed by atoms with Crippen LogP contribution >= 0.6 is 0 Å². The number of aromatic nitrogens is 5. The van der Waals surface area contributed by atoms with E-state index in [1.54, 1.807) is 23.4 Å². The predicted molar refractivity (Wildman–Crippen MR) is 92.2 cm³/mol. The Labute approximate surface area is 139 Å². The number of nitrogens with two attached hydrogens (primary N) is 1. The number of hydrogen-bond acceptors (Lipinski definition) is 7. The fourth-order valence-electron chi connectivity index (χ4n) is 2.91. The van der Waals surface area contributed by atoms with Crippen molar-refractivity contribution in [3.63, 3.8) is 0 Å². The number of nitrogens with zero attached hydrogens (tertiary/aromatic N) is 7. The fraction of sp³-hybridized carbons (Fsp3) is 0.250. The Hall–Kier alpha value is -3.16. The molecule has 4 heterocycles. The van der Waals surface area contributed by atoms with Crippen LogP contribution in [0.4, 0.5) is 17.3 Å². The first-order chi connectivity index (χ1) is 11.8. The lowest BCUT2D eigenvalue weighted by atomic mass is 10.3. The smallest absolute Gasteiger partial charge is 0.166 e. The molecule has 0 aromatic carbocycles. The van der Waals surface area contributed by atoms with Crippen LogP contribution in [0, 0.1) is 0 Å². The van der Waals surface area contributed by atoms with E-state index in [9.17, 15) is 0 Å². The largest absolute Gasteiger partial charge is 0.393 e. The van der Waals surface area contributed by atoms with E-state index in [1.165, 1.54) is 0 Å². The van der Waals surface area contributed by atoms with Crippen molar-refractivity contribution in [2.24, 2.45) is 0 Å². The molecule has 0 amide bonds. The maximum absolute atomic E-state index is 6.31. The first-order valence-corrected chi connectivity index (χ1v) is 7.82. The molecule has 3 aromatic rings. The molecule has 24 heavy (non-hydrogen) atoms. The molecule has 8 heteroatoms. The first kappa shape index (κ1) is 14.4. The minimum Gasteiger partial charge on any atom is -0.393 e. The van der Waals surface area contributed by atoms with Crippen molar-refractivity contribution in [2.75, 3.05) is 41.7 Å². The lowest BCUT2D eigenvalue weighted by Crippen LogP contribution is -2.47. The number of anilines is 3. The van der Waals surface area contributed by atoms with E-state index in [0.717, 1.165) is 37.8 Å². The molecule has 0 radical (unpaired) electrons. The molecule has 122 valence electrons. The number of rotatable bonds is 3. The predicted octanol–water partition coefficient (Wildman–Crippen LogP) is 0.966. The Morgan fingerprint density at radius 2 is 1.67 bits per heavy atom. The summed E-state index contributed by atoms with van der Waals surface area (Å²) in [5.74, 6) is 2.44. The van der Waals surface area contributed by atoms with E-state index in [4.69, 9.17) is 5.73 Å². The van der Waals surface area contributed by atoms with Gasteiger partial charge in [0, 0.05) is 44.8 Å². The monoisotopic (exact) mass is 322 g/mol. The number of imidazole rings is 1. The molecule has 2 N–H and O–H groups in total. The highest BCUT2D eigenvalue weighted by molar-refractivity contribution is 5.70. The molecular formula is C16H18N8. The lowest BCUT2D eigenvalue weighted by molar-refractivity contribution is 0.641. The van der Waals surface area contributed by atoms with Crippen molar-refractivity contribution in [2.45, 2.75) is 0 Å². The van der Waals surface area contributed by atoms with Crippen molar-refractivity contribution >= 4 is 17.3 Å². The highest BCUT2D eigenvalue weighted by atomic mass is 15.3. The Kier molecular flexibility index (Phi) is 3.70. The number of hydrogen-bond donors (Lipinski definition) is 1. The minimum atomic E-state index is 0.571. The Morgan fingerprint density at radius 3 is 2.38 bits per heavy atom. The van der Waals surface area contributed by atoms with Crippen molar-refractivity contribution < 1.29 is 0 Å². The zero-order valence-electron chi connectivity index (χ0n) is 13.2. The second kappa shape index (κ2) is 6.15. The minimum absolute atomic E-state index is 0.571. The normalized spacial score (nSPS) is 14.8. The summed E-state index contributed by atoms with van der Waals surface area (Å²) >= 11 is 0. The van der Waals surface area contributed by atoms with E-state index in [2.05, 4.69) is 29.7 Å². The molecule has 1 aliphatic heterocycles. The van der Waals surface area contributed by atoms with E-state index < -0.39 is 0 Å². The van der Waals surface area contributed by atoms with Crippen LogP contribution in [0.2, 0.25) is 0 Å². The van der Waals surface area contributed by atoms with Gasteiger partial charge in [0.15, 0.2) is 11.6 Å². The summed E-state index contributed by atoms with van der Waals surface area (Å²) < 4.78 is 1.80. The van der Waals surface area contributed by atoms with E-state index in [-0.39, 0.29) is 0 Å².